The third kappa shape index (κ3) is 2.63. The highest BCUT2D eigenvalue weighted by Crippen LogP contribution is 2.21. The third-order valence-corrected chi connectivity index (χ3v) is 3.64. The van der Waals surface area contributed by atoms with Crippen LogP contribution in [-0.2, 0) is 6.54 Å². The Morgan fingerprint density at radius 1 is 1.11 bits per heavy atom. The van der Waals surface area contributed by atoms with Crippen LogP contribution in [0.5, 0.6) is 0 Å². The molecule has 19 heavy (non-hydrogen) atoms. The van der Waals surface area contributed by atoms with Gasteiger partial charge in [-0.2, -0.15) is 0 Å². The summed E-state index contributed by atoms with van der Waals surface area (Å²) in [6, 6.07) is 13.2. The number of halogens is 2. The van der Waals surface area contributed by atoms with Crippen molar-refractivity contribution in [1.29, 1.82) is 0 Å². The van der Waals surface area contributed by atoms with Crippen LogP contribution in [0.1, 0.15) is 5.56 Å². The highest BCUT2D eigenvalue weighted by molar-refractivity contribution is 9.10. The van der Waals surface area contributed by atoms with Crippen LogP contribution in [0.2, 0.25) is 0 Å². The summed E-state index contributed by atoms with van der Waals surface area (Å²) in [5.74, 6) is -0.252. The van der Waals surface area contributed by atoms with E-state index in [1.165, 1.54) is 17.0 Å². The molecule has 2 aromatic carbocycles. The SMILES string of the molecule is Fc1ccc(NCc2ccc3cc[nH]c3c2)cc1Br. The van der Waals surface area contributed by atoms with Gasteiger partial charge in [0.05, 0.1) is 4.47 Å². The van der Waals surface area contributed by atoms with E-state index in [1.807, 2.05) is 12.3 Å². The number of aromatic nitrogens is 1. The lowest BCUT2D eigenvalue weighted by Crippen LogP contribution is -1.99. The van der Waals surface area contributed by atoms with Crippen LogP contribution in [0.25, 0.3) is 10.9 Å². The Morgan fingerprint density at radius 2 is 2.00 bits per heavy atom. The molecule has 0 fully saturated rings. The van der Waals surface area contributed by atoms with Gasteiger partial charge in [-0.15, -0.1) is 0 Å². The van der Waals surface area contributed by atoms with Gasteiger partial charge in [0.25, 0.3) is 0 Å². The first kappa shape index (κ1) is 12.2. The third-order valence-electron chi connectivity index (χ3n) is 3.04. The average Bonchev–Trinajstić information content (AvgIpc) is 2.87. The maximum Gasteiger partial charge on any atom is 0.137 e. The van der Waals surface area contributed by atoms with Crippen molar-refractivity contribution in [3.63, 3.8) is 0 Å². The quantitative estimate of drug-likeness (QED) is 0.721. The van der Waals surface area contributed by atoms with Gasteiger partial charge in [0, 0.05) is 23.9 Å². The average molecular weight is 319 g/mol. The number of H-pyrrole nitrogens is 1. The molecular formula is C15H12BrFN2. The Labute approximate surface area is 118 Å². The van der Waals surface area contributed by atoms with Gasteiger partial charge < -0.3 is 10.3 Å². The van der Waals surface area contributed by atoms with Gasteiger partial charge in [0.15, 0.2) is 0 Å². The molecule has 96 valence electrons. The number of hydrogen-bond acceptors (Lipinski definition) is 1. The van der Waals surface area contributed by atoms with E-state index in [0.29, 0.717) is 11.0 Å². The van der Waals surface area contributed by atoms with E-state index in [2.05, 4.69) is 44.4 Å². The molecule has 0 bridgehead atoms. The number of benzene rings is 2. The van der Waals surface area contributed by atoms with E-state index >= 15 is 0 Å². The molecule has 0 aliphatic carbocycles. The Kier molecular flexibility index (Phi) is 3.25. The van der Waals surface area contributed by atoms with Crippen molar-refractivity contribution in [2.24, 2.45) is 0 Å². The van der Waals surface area contributed by atoms with Gasteiger partial charge in [0.2, 0.25) is 0 Å². The molecule has 2 N–H and O–H groups in total. The van der Waals surface area contributed by atoms with E-state index < -0.39 is 0 Å². The topological polar surface area (TPSA) is 27.8 Å². The number of aromatic amines is 1. The smallest absolute Gasteiger partial charge is 0.137 e. The number of nitrogens with one attached hydrogen (secondary N) is 2. The zero-order valence-corrected chi connectivity index (χ0v) is 11.7. The van der Waals surface area contributed by atoms with E-state index in [9.17, 15) is 4.39 Å². The normalized spacial score (nSPS) is 10.8. The van der Waals surface area contributed by atoms with Gasteiger partial charge in [-0.05, 0) is 57.2 Å². The Hall–Kier alpha value is -1.81. The van der Waals surface area contributed by atoms with Crippen LogP contribution < -0.4 is 5.32 Å². The van der Waals surface area contributed by atoms with Crippen molar-refractivity contribution in [2.45, 2.75) is 6.54 Å². The second-order valence-corrected chi connectivity index (χ2v) is 5.24. The Bertz CT molecular complexity index is 721. The van der Waals surface area contributed by atoms with Crippen molar-refractivity contribution in [3.05, 3.63) is 64.5 Å². The van der Waals surface area contributed by atoms with Crippen LogP contribution >= 0.6 is 15.9 Å². The minimum atomic E-state index is -0.252. The molecule has 3 aromatic rings. The standard InChI is InChI=1S/C15H12BrFN2/c16-13-8-12(3-4-14(13)17)19-9-10-1-2-11-5-6-18-15(11)7-10/h1-8,18-19H,9H2. The van der Waals surface area contributed by atoms with E-state index in [4.69, 9.17) is 0 Å². The zero-order chi connectivity index (χ0) is 13.2. The van der Waals surface area contributed by atoms with Crippen LogP contribution in [0, 0.1) is 5.82 Å². The first-order valence-electron chi connectivity index (χ1n) is 5.97. The molecule has 1 heterocycles. The first-order valence-corrected chi connectivity index (χ1v) is 6.76. The van der Waals surface area contributed by atoms with Crippen molar-refractivity contribution in [3.8, 4) is 0 Å². The predicted octanol–water partition coefficient (Wildman–Crippen LogP) is 4.68. The molecule has 2 nitrogen and oxygen atoms in total. The number of anilines is 1. The summed E-state index contributed by atoms with van der Waals surface area (Å²) in [5.41, 5.74) is 3.19. The molecule has 1 aromatic heterocycles. The maximum absolute atomic E-state index is 13.1. The lowest BCUT2D eigenvalue weighted by Gasteiger charge is -2.07. The van der Waals surface area contributed by atoms with Crippen molar-refractivity contribution < 1.29 is 4.39 Å². The summed E-state index contributed by atoms with van der Waals surface area (Å²) in [5, 5.41) is 4.48. The molecular weight excluding hydrogens is 307 g/mol. The van der Waals surface area contributed by atoms with Crippen LogP contribution in [0.4, 0.5) is 10.1 Å². The maximum atomic E-state index is 13.1. The fourth-order valence-corrected chi connectivity index (χ4v) is 2.39. The highest BCUT2D eigenvalue weighted by Gasteiger charge is 2.01. The second-order valence-electron chi connectivity index (χ2n) is 4.38. The van der Waals surface area contributed by atoms with Crippen LogP contribution in [-0.4, -0.2) is 4.98 Å². The monoisotopic (exact) mass is 318 g/mol. The van der Waals surface area contributed by atoms with Crippen molar-refractivity contribution in [1.82, 2.24) is 4.98 Å². The first-order chi connectivity index (χ1) is 9.22. The molecule has 3 rings (SSSR count). The molecule has 0 saturated heterocycles. The van der Waals surface area contributed by atoms with Crippen LogP contribution in [0.15, 0.2) is 53.1 Å². The van der Waals surface area contributed by atoms with Gasteiger partial charge in [-0.3, -0.25) is 0 Å². The molecule has 0 aliphatic rings. The minimum Gasteiger partial charge on any atom is -0.381 e. The summed E-state index contributed by atoms with van der Waals surface area (Å²) >= 11 is 3.18. The summed E-state index contributed by atoms with van der Waals surface area (Å²) < 4.78 is 13.6. The number of fused-ring (bicyclic) bond motifs is 1. The highest BCUT2D eigenvalue weighted by atomic mass is 79.9. The van der Waals surface area contributed by atoms with E-state index in [1.54, 1.807) is 12.1 Å². The van der Waals surface area contributed by atoms with Gasteiger partial charge in [-0.1, -0.05) is 12.1 Å². The molecule has 0 radical (unpaired) electrons. The predicted molar refractivity (Wildman–Crippen MR) is 79.7 cm³/mol. The van der Waals surface area contributed by atoms with E-state index in [0.717, 1.165) is 11.2 Å². The van der Waals surface area contributed by atoms with Gasteiger partial charge >= 0.3 is 0 Å². The van der Waals surface area contributed by atoms with Gasteiger partial charge in [-0.25, -0.2) is 4.39 Å². The summed E-state index contributed by atoms with van der Waals surface area (Å²) in [6.07, 6.45) is 1.93. The molecule has 0 unspecified atom stereocenters. The van der Waals surface area contributed by atoms with E-state index in [-0.39, 0.29) is 5.82 Å². The second kappa shape index (κ2) is 5.05. The summed E-state index contributed by atoms with van der Waals surface area (Å²) in [4.78, 5) is 3.19. The Morgan fingerprint density at radius 3 is 2.84 bits per heavy atom. The largest absolute Gasteiger partial charge is 0.381 e. The lowest BCUT2D eigenvalue weighted by atomic mass is 10.1. The fourth-order valence-electron chi connectivity index (χ4n) is 2.02. The summed E-state index contributed by atoms with van der Waals surface area (Å²) in [6.45, 7) is 0.701. The molecule has 0 amide bonds. The van der Waals surface area contributed by atoms with Crippen LogP contribution in [0.3, 0.4) is 0 Å². The molecule has 0 atom stereocenters. The summed E-state index contributed by atoms with van der Waals surface area (Å²) in [7, 11) is 0. The number of hydrogen-bond donors (Lipinski definition) is 2. The van der Waals surface area contributed by atoms with Crippen molar-refractivity contribution >= 4 is 32.5 Å². The lowest BCUT2D eigenvalue weighted by molar-refractivity contribution is 0.621. The molecule has 4 heteroatoms. The molecule has 0 spiro atoms. The Balaban J connectivity index is 1.75. The van der Waals surface area contributed by atoms with Gasteiger partial charge in [0.1, 0.15) is 5.82 Å². The fraction of sp³-hybridized carbons (Fsp3) is 0.0667. The molecule has 0 aliphatic heterocycles. The zero-order valence-electron chi connectivity index (χ0n) is 10.1. The number of rotatable bonds is 3. The molecule has 0 saturated carbocycles. The van der Waals surface area contributed by atoms with Crippen molar-refractivity contribution in [2.75, 3.05) is 5.32 Å². The minimum absolute atomic E-state index is 0.252.